The number of nitrogens with zero attached hydrogens (tertiary/aromatic N) is 4. The predicted octanol–water partition coefficient (Wildman–Crippen LogP) is 5.82. The molecule has 3 heterocycles. The van der Waals surface area contributed by atoms with Crippen LogP contribution in [0, 0.1) is 23.7 Å². The van der Waals surface area contributed by atoms with E-state index in [1.54, 1.807) is 24.4 Å². The van der Waals surface area contributed by atoms with Gasteiger partial charge in [0, 0.05) is 36.6 Å². The number of piperidine rings is 1. The first kappa shape index (κ1) is 29.5. The van der Waals surface area contributed by atoms with Crippen molar-refractivity contribution in [1.82, 2.24) is 14.9 Å². The van der Waals surface area contributed by atoms with E-state index in [0.717, 1.165) is 61.2 Å². The number of rotatable bonds is 5. The fraction of sp³-hybridized carbons (Fsp3) is 0.636. The van der Waals surface area contributed by atoms with E-state index < -0.39 is 26.6 Å². The Morgan fingerprint density at radius 3 is 2.36 bits per heavy atom. The SMILES string of the molecule is Cc1cc(S(=O)(=O)C2CC3(CCN(C(=O)O)CC3)C2C(C)(C)C)ccc1Nc1ncc2c(n1)N(C1CCCC1)C(=O)C21CC1. The molecule has 236 valence electrons. The summed E-state index contributed by atoms with van der Waals surface area (Å²) >= 11 is 0. The van der Waals surface area contributed by atoms with Gasteiger partial charge in [-0.05, 0) is 92.4 Å². The molecule has 11 heteroatoms. The second-order valence-electron chi connectivity index (χ2n) is 15.0. The monoisotopic (exact) mass is 621 g/mol. The van der Waals surface area contributed by atoms with E-state index >= 15 is 0 Å². The number of hydrogen-bond acceptors (Lipinski definition) is 7. The molecule has 0 bridgehead atoms. The summed E-state index contributed by atoms with van der Waals surface area (Å²) in [5, 5.41) is 12.2. The van der Waals surface area contributed by atoms with Crippen LogP contribution in [0.5, 0.6) is 0 Å². The van der Waals surface area contributed by atoms with Gasteiger partial charge in [-0.15, -0.1) is 0 Å². The highest BCUT2D eigenvalue weighted by Gasteiger charge is 2.63. The summed E-state index contributed by atoms with van der Waals surface area (Å²) in [7, 11) is -3.62. The van der Waals surface area contributed by atoms with Crippen LogP contribution in [0.15, 0.2) is 29.3 Å². The lowest BCUT2D eigenvalue weighted by molar-refractivity contribution is -0.120. The maximum Gasteiger partial charge on any atom is 0.407 e. The molecule has 0 radical (unpaired) electrons. The summed E-state index contributed by atoms with van der Waals surface area (Å²) in [4.78, 5) is 38.1. The first-order chi connectivity index (χ1) is 20.8. The molecule has 1 aromatic heterocycles. The van der Waals surface area contributed by atoms with E-state index in [2.05, 4.69) is 31.1 Å². The minimum Gasteiger partial charge on any atom is -0.465 e. The van der Waals surface area contributed by atoms with Gasteiger partial charge in [-0.2, -0.15) is 4.98 Å². The normalized spacial score (nSPS) is 25.8. The van der Waals surface area contributed by atoms with Gasteiger partial charge in [-0.3, -0.25) is 9.69 Å². The second-order valence-corrected chi connectivity index (χ2v) is 17.2. The standard InChI is InChI=1S/C33H43N5O5S/c1-20-17-22(44(42,43)25-18-32(26(25)31(2,3)4)13-15-37(16-14-32)30(40)41)9-10-24(20)35-29-34-19-23-27(36-29)38(21-7-5-6-8-21)28(39)33(23)11-12-33/h9-10,17,19,21,25-26H,5-8,11-16,18H2,1-4H3,(H,40,41)(H,34,35,36). The predicted molar refractivity (Wildman–Crippen MR) is 167 cm³/mol. The molecule has 5 aliphatic rings. The number of carbonyl (C=O) groups is 2. The molecule has 10 nitrogen and oxygen atoms in total. The molecule has 44 heavy (non-hydrogen) atoms. The fourth-order valence-corrected chi connectivity index (χ4v) is 11.6. The van der Waals surface area contributed by atoms with Gasteiger partial charge in [0.25, 0.3) is 0 Å². The molecular weight excluding hydrogens is 578 g/mol. The van der Waals surface area contributed by atoms with Crippen LogP contribution in [-0.4, -0.2) is 64.8 Å². The summed E-state index contributed by atoms with van der Waals surface area (Å²) < 4.78 is 28.2. The van der Waals surface area contributed by atoms with Crippen LogP contribution in [0.3, 0.4) is 0 Å². The van der Waals surface area contributed by atoms with Crippen molar-refractivity contribution in [2.75, 3.05) is 23.3 Å². The van der Waals surface area contributed by atoms with Crippen molar-refractivity contribution in [2.24, 2.45) is 16.7 Å². The Balaban J connectivity index is 1.12. The molecule has 1 saturated heterocycles. The maximum atomic E-state index is 14.1. The average Bonchev–Trinajstić information content (AvgIpc) is 3.51. The van der Waals surface area contributed by atoms with Crippen LogP contribution in [0.2, 0.25) is 0 Å². The van der Waals surface area contributed by atoms with Crippen molar-refractivity contribution >= 4 is 39.3 Å². The molecule has 3 saturated carbocycles. The van der Waals surface area contributed by atoms with E-state index in [1.807, 2.05) is 11.8 Å². The molecule has 2 N–H and O–H groups in total. The zero-order chi connectivity index (χ0) is 31.2. The summed E-state index contributed by atoms with van der Waals surface area (Å²) in [5.74, 6) is 1.25. The second kappa shape index (κ2) is 9.89. The van der Waals surface area contributed by atoms with Gasteiger partial charge < -0.3 is 15.3 Å². The highest BCUT2D eigenvalue weighted by Crippen LogP contribution is 2.63. The topological polar surface area (TPSA) is 133 Å². The summed E-state index contributed by atoms with van der Waals surface area (Å²) in [6, 6.07) is 5.38. The molecule has 2 unspecified atom stereocenters. The Kier molecular flexibility index (Phi) is 6.63. The van der Waals surface area contributed by atoms with E-state index in [1.165, 1.54) is 4.90 Å². The molecule has 1 aromatic carbocycles. The van der Waals surface area contributed by atoms with E-state index in [4.69, 9.17) is 4.98 Å². The quantitative estimate of drug-likeness (QED) is 0.427. The lowest BCUT2D eigenvalue weighted by atomic mass is 9.48. The smallest absolute Gasteiger partial charge is 0.407 e. The molecule has 7 rings (SSSR count). The van der Waals surface area contributed by atoms with Gasteiger partial charge >= 0.3 is 6.09 Å². The van der Waals surface area contributed by atoms with E-state index in [9.17, 15) is 23.1 Å². The van der Waals surface area contributed by atoms with Crippen LogP contribution >= 0.6 is 0 Å². The Bertz CT molecular complexity index is 1630. The summed E-state index contributed by atoms with van der Waals surface area (Å²) in [6.07, 6.45) is 8.82. The van der Waals surface area contributed by atoms with Crippen LogP contribution in [0.1, 0.15) is 89.7 Å². The van der Waals surface area contributed by atoms with Crippen LogP contribution < -0.4 is 10.2 Å². The summed E-state index contributed by atoms with van der Waals surface area (Å²) in [6.45, 7) is 9.09. The third kappa shape index (κ3) is 4.43. The minimum atomic E-state index is -3.62. The van der Waals surface area contributed by atoms with Gasteiger partial charge in [0.05, 0.1) is 15.6 Å². The van der Waals surface area contributed by atoms with Crippen molar-refractivity contribution in [3.8, 4) is 0 Å². The van der Waals surface area contributed by atoms with Gasteiger partial charge in [0.1, 0.15) is 5.82 Å². The van der Waals surface area contributed by atoms with Gasteiger partial charge in [0.15, 0.2) is 9.84 Å². The average molecular weight is 622 g/mol. The van der Waals surface area contributed by atoms with Crippen molar-refractivity contribution in [1.29, 1.82) is 0 Å². The molecular formula is C33H43N5O5S. The molecule has 2 aromatic rings. The number of anilines is 3. The van der Waals surface area contributed by atoms with Crippen molar-refractivity contribution in [3.63, 3.8) is 0 Å². The van der Waals surface area contributed by atoms with Crippen molar-refractivity contribution < 1.29 is 23.1 Å². The number of fused-ring (bicyclic) bond motifs is 2. The Hall–Kier alpha value is -3.21. The minimum absolute atomic E-state index is 0.0610. The van der Waals surface area contributed by atoms with E-state index in [0.29, 0.717) is 43.2 Å². The maximum absolute atomic E-state index is 14.1. The number of likely N-dealkylation sites (tertiary alicyclic amines) is 1. The van der Waals surface area contributed by atoms with Gasteiger partial charge in [-0.25, -0.2) is 18.2 Å². The fourth-order valence-electron chi connectivity index (χ4n) is 9.06. The van der Waals surface area contributed by atoms with Crippen molar-refractivity contribution in [3.05, 3.63) is 35.5 Å². The number of carboxylic acid groups (broad SMARTS) is 1. The molecule has 2 spiro atoms. The van der Waals surface area contributed by atoms with Gasteiger partial charge in [0.2, 0.25) is 11.9 Å². The first-order valence-corrected chi connectivity index (χ1v) is 17.6. The van der Waals surface area contributed by atoms with Gasteiger partial charge in [-0.1, -0.05) is 33.6 Å². The highest BCUT2D eigenvalue weighted by molar-refractivity contribution is 7.92. The van der Waals surface area contributed by atoms with Crippen LogP contribution in [0.25, 0.3) is 0 Å². The lowest BCUT2D eigenvalue weighted by Gasteiger charge is -2.62. The molecule has 2 amide bonds. The Labute approximate surface area is 259 Å². The first-order valence-electron chi connectivity index (χ1n) is 16.1. The van der Waals surface area contributed by atoms with Crippen LogP contribution in [-0.2, 0) is 20.0 Å². The number of aromatic nitrogens is 2. The largest absolute Gasteiger partial charge is 0.465 e. The number of nitrogens with one attached hydrogen (secondary N) is 1. The van der Waals surface area contributed by atoms with Crippen LogP contribution in [0.4, 0.5) is 22.2 Å². The molecule has 3 aliphatic carbocycles. The number of benzene rings is 1. The number of sulfone groups is 1. The third-order valence-electron chi connectivity index (χ3n) is 11.4. The summed E-state index contributed by atoms with van der Waals surface area (Å²) in [5.41, 5.74) is 1.61. The molecule has 2 atom stereocenters. The van der Waals surface area contributed by atoms with Crippen molar-refractivity contribution in [2.45, 2.75) is 107 Å². The highest BCUT2D eigenvalue weighted by atomic mass is 32.2. The zero-order valence-electron chi connectivity index (χ0n) is 26.1. The lowest BCUT2D eigenvalue weighted by Crippen LogP contribution is -2.63. The zero-order valence-corrected chi connectivity index (χ0v) is 26.9. The van der Waals surface area contributed by atoms with E-state index in [-0.39, 0.29) is 28.7 Å². The Morgan fingerprint density at radius 2 is 1.77 bits per heavy atom. The molecule has 4 fully saturated rings. The number of aryl methyl sites for hydroxylation is 1. The number of hydrogen-bond donors (Lipinski definition) is 2. The number of amides is 2. The molecule has 2 aliphatic heterocycles. The third-order valence-corrected chi connectivity index (χ3v) is 13.5. The Morgan fingerprint density at radius 1 is 1.09 bits per heavy atom. The number of carbonyl (C=O) groups excluding carboxylic acids is 1.